The fraction of sp³-hybridized carbons (Fsp3) is 0.714. The molecule has 19 heavy (non-hydrogen) atoms. The first-order valence-corrected chi connectivity index (χ1v) is 7.19. The van der Waals surface area contributed by atoms with Crippen LogP contribution in [-0.4, -0.2) is 33.7 Å². The number of rotatable bonds is 3. The van der Waals surface area contributed by atoms with Crippen LogP contribution in [0.5, 0.6) is 0 Å². The molecule has 0 aromatic carbocycles. The fourth-order valence-corrected chi connectivity index (χ4v) is 2.80. The maximum absolute atomic E-state index is 12.6. The van der Waals surface area contributed by atoms with Crippen molar-refractivity contribution < 1.29 is 4.79 Å². The Morgan fingerprint density at radius 3 is 2.47 bits per heavy atom. The molecule has 1 aliphatic heterocycles. The van der Waals surface area contributed by atoms with E-state index in [1.165, 1.54) is 6.42 Å². The molecule has 0 saturated carbocycles. The van der Waals surface area contributed by atoms with Crippen molar-refractivity contribution >= 4 is 11.6 Å². The number of nitrogens with zero attached hydrogens (tertiary/aromatic N) is 3. The number of aromatic nitrogens is 2. The Labute approximate surface area is 114 Å². The highest BCUT2D eigenvalue weighted by Crippen LogP contribution is 2.24. The number of hydrogen-bond donors (Lipinski definition) is 1. The fourth-order valence-electron chi connectivity index (χ4n) is 2.80. The lowest BCUT2D eigenvalue weighted by Crippen LogP contribution is -2.39. The lowest BCUT2D eigenvalue weighted by atomic mass is 9.94. The summed E-state index contributed by atoms with van der Waals surface area (Å²) in [6.45, 7) is 5.89. The van der Waals surface area contributed by atoms with Gasteiger partial charge >= 0.3 is 0 Å². The van der Waals surface area contributed by atoms with Gasteiger partial charge in [-0.3, -0.25) is 9.48 Å². The molecule has 2 heterocycles. The number of nitrogens with two attached hydrogens (primary N) is 1. The van der Waals surface area contributed by atoms with Gasteiger partial charge in [-0.1, -0.05) is 20.3 Å². The molecule has 1 amide bonds. The van der Waals surface area contributed by atoms with Gasteiger partial charge in [0.2, 0.25) is 0 Å². The molecule has 0 aliphatic carbocycles. The number of amides is 1. The Hall–Kier alpha value is -1.52. The van der Waals surface area contributed by atoms with Gasteiger partial charge in [0.05, 0.1) is 11.4 Å². The van der Waals surface area contributed by atoms with Crippen LogP contribution in [0.15, 0.2) is 0 Å². The Bertz CT molecular complexity index is 458. The van der Waals surface area contributed by atoms with Gasteiger partial charge in [-0.2, -0.15) is 5.10 Å². The second-order valence-electron chi connectivity index (χ2n) is 5.33. The van der Waals surface area contributed by atoms with Crippen molar-refractivity contribution in [2.75, 3.05) is 18.8 Å². The number of nitrogen functional groups attached to an aromatic ring is 1. The molecule has 2 rings (SSSR count). The second kappa shape index (κ2) is 5.63. The summed E-state index contributed by atoms with van der Waals surface area (Å²) in [6, 6.07) is 0. The van der Waals surface area contributed by atoms with E-state index in [9.17, 15) is 4.79 Å². The van der Waals surface area contributed by atoms with Crippen LogP contribution in [-0.2, 0) is 13.5 Å². The molecule has 5 nitrogen and oxygen atoms in total. The summed E-state index contributed by atoms with van der Waals surface area (Å²) in [4.78, 5) is 14.5. The summed E-state index contributed by atoms with van der Waals surface area (Å²) < 4.78 is 1.63. The molecule has 1 aromatic heterocycles. The SMILES string of the molecule is CCc1nn(C)c(C(=O)N2CCC(CC)CC2)c1N. The zero-order valence-electron chi connectivity index (χ0n) is 12.1. The van der Waals surface area contributed by atoms with Gasteiger partial charge < -0.3 is 10.6 Å². The number of aryl methyl sites for hydroxylation is 2. The van der Waals surface area contributed by atoms with Crippen LogP contribution in [0.3, 0.4) is 0 Å². The van der Waals surface area contributed by atoms with Gasteiger partial charge in [0.1, 0.15) is 5.69 Å². The standard InChI is InChI=1S/C14H24N4O/c1-4-10-6-8-18(9-7-10)14(19)13-12(15)11(5-2)16-17(13)3/h10H,4-9,15H2,1-3H3. The summed E-state index contributed by atoms with van der Waals surface area (Å²) in [5, 5.41) is 4.32. The topological polar surface area (TPSA) is 64.2 Å². The van der Waals surface area contributed by atoms with Gasteiger partial charge in [-0.05, 0) is 25.2 Å². The molecule has 1 aromatic rings. The largest absolute Gasteiger partial charge is 0.395 e. The highest BCUT2D eigenvalue weighted by molar-refractivity contribution is 5.98. The van der Waals surface area contributed by atoms with Crippen molar-refractivity contribution in [1.82, 2.24) is 14.7 Å². The number of carbonyl (C=O) groups excluding carboxylic acids is 1. The molecular formula is C14H24N4O. The van der Waals surface area contributed by atoms with E-state index >= 15 is 0 Å². The first-order chi connectivity index (χ1) is 9.08. The molecule has 2 N–H and O–H groups in total. The second-order valence-corrected chi connectivity index (χ2v) is 5.33. The van der Waals surface area contributed by atoms with E-state index in [0.29, 0.717) is 11.4 Å². The lowest BCUT2D eigenvalue weighted by Gasteiger charge is -2.31. The van der Waals surface area contributed by atoms with Crippen molar-refractivity contribution in [3.63, 3.8) is 0 Å². The van der Waals surface area contributed by atoms with Gasteiger partial charge in [0.15, 0.2) is 0 Å². The molecule has 0 radical (unpaired) electrons. The Morgan fingerprint density at radius 2 is 2.00 bits per heavy atom. The maximum Gasteiger partial charge on any atom is 0.274 e. The van der Waals surface area contributed by atoms with Crippen molar-refractivity contribution in [3.8, 4) is 0 Å². The normalized spacial score (nSPS) is 16.9. The lowest BCUT2D eigenvalue weighted by molar-refractivity contribution is 0.0679. The number of carbonyl (C=O) groups is 1. The molecule has 1 saturated heterocycles. The number of hydrogen-bond acceptors (Lipinski definition) is 3. The Morgan fingerprint density at radius 1 is 1.37 bits per heavy atom. The minimum atomic E-state index is 0.0294. The van der Waals surface area contributed by atoms with Crippen LogP contribution in [0.25, 0.3) is 0 Å². The van der Waals surface area contributed by atoms with E-state index in [4.69, 9.17) is 5.73 Å². The van der Waals surface area contributed by atoms with Crippen LogP contribution < -0.4 is 5.73 Å². The number of piperidine rings is 1. The Balaban J connectivity index is 2.14. The van der Waals surface area contributed by atoms with E-state index < -0.39 is 0 Å². The van der Waals surface area contributed by atoms with E-state index in [1.807, 2.05) is 11.8 Å². The summed E-state index contributed by atoms with van der Waals surface area (Å²) in [5.41, 5.74) is 7.96. The van der Waals surface area contributed by atoms with Gasteiger partial charge in [0, 0.05) is 20.1 Å². The molecule has 0 spiro atoms. The molecule has 5 heteroatoms. The summed E-state index contributed by atoms with van der Waals surface area (Å²) in [5.74, 6) is 0.792. The van der Waals surface area contributed by atoms with Crippen molar-refractivity contribution in [1.29, 1.82) is 0 Å². The minimum Gasteiger partial charge on any atom is -0.395 e. The predicted molar refractivity (Wildman–Crippen MR) is 75.9 cm³/mol. The van der Waals surface area contributed by atoms with E-state index in [1.54, 1.807) is 11.7 Å². The third kappa shape index (κ3) is 2.60. The zero-order chi connectivity index (χ0) is 14.0. The van der Waals surface area contributed by atoms with Crippen molar-refractivity contribution in [2.24, 2.45) is 13.0 Å². The predicted octanol–water partition coefficient (Wildman–Crippen LogP) is 1.83. The minimum absolute atomic E-state index is 0.0294. The number of likely N-dealkylation sites (tertiary alicyclic amines) is 1. The molecule has 0 bridgehead atoms. The summed E-state index contributed by atoms with van der Waals surface area (Å²) in [7, 11) is 1.79. The Kier molecular flexibility index (Phi) is 4.12. The third-order valence-electron chi connectivity index (χ3n) is 4.18. The van der Waals surface area contributed by atoms with Gasteiger partial charge in [-0.15, -0.1) is 0 Å². The van der Waals surface area contributed by atoms with E-state index in [0.717, 1.165) is 44.0 Å². The zero-order valence-corrected chi connectivity index (χ0v) is 12.1. The number of anilines is 1. The summed E-state index contributed by atoms with van der Waals surface area (Å²) >= 11 is 0. The van der Waals surface area contributed by atoms with Crippen molar-refractivity contribution in [3.05, 3.63) is 11.4 Å². The van der Waals surface area contributed by atoms with Crippen LogP contribution >= 0.6 is 0 Å². The average Bonchev–Trinajstić information content (AvgIpc) is 2.72. The maximum atomic E-state index is 12.6. The molecular weight excluding hydrogens is 240 g/mol. The van der Waals surface area contributed by atoms with Gasteiger partial charge in [0.25, 0.3) is 5.91 Å². The molecule has 0 unspecified atom stereocenters. The van der Waals surface area contributed by atoms with Crippen LogP contribution in [0.1, 0.15) is 49.3 Å². The smallest absolute Gasteiger partial charge is 0.274 e. The third-order valence-corrected chi connectivity index (χ3v) is 4.18. The van der Waals surface area contributed by atoms with Gasteiger partial charge in [-0.25, -0.2) is 0 Å². The van der Waals surface area contributed by atoms with E-state index in [2.05, 4.69) is 12.0 Å². The quantitative estimate of drug-likeness (QED) is 0.905. The summed E-state index contributed by atoms with van der Waals surface area (Å²) in [6.07, 6.45) is 4.15. The molecule has 1 aliphatic rings. The van der Waals surface area contributed by atoms with Crippen LogP contribution in [0.2, 0.25) is 0 Å². The first-order valence-electron chi connectivity index (χ1n) is 7.19. The molecule has 1 fully saturated rings. The first kappa shape index (κ1) is 13.9. The molecule has 106 valence electrons. The highest BCUT2D eigenvalue weighted by Gasteiger charge is 2.27. The van der Waals surface area contributed by atoms with Crippen LogP contribution in [0, 0.1) is 5.92 Å². The van der Waals surface area contributed by atoms with Crippen LogP contribution in [0.4, 0.5) is 5.69 Å². The van der Waals surface area contributed by atoms with E-state index in [-0.39, 0.29) is 5.91 Å². The monoisotopic (exact) mass is 264 g/mol. The molecule has 0 atom stereocenters. The average molecular weight is 264 g/mol. The highest BCUT2D eigenvalue weighted by atomic mass is 16.2. The van der Waals surface area contributed by atoms with Crippen molar-refractivity contribution in [2.45, 2.75) is 39.5 Å².